The number of alkyl halides is 2. The molecule has 2 aromatic heterocycles. The molecule has 1 saturated heterocycles. The maximum absolute atomic E-state index is 13.5. The van der Waals surface area contributed by atoms with E-state index in [4.69, 9.17) is 4.74 Å². The minimum Gasteiger partial charge on any atom is -0.383 e. The van der Waals surface area contributed by atoms with Gasteiger partial charge in [-0.15, -0.1) is 10.2 Å². The van der Waals surface area contributed by atoms with Crippen molar-refractivity contribution < 1.29 is 21.9 Å². The first-order valence-electron chi connectivity index (χ1n) is 11.9. The molecule has 0 radical (unpaired) electrons. The number of aryl methyl sites for hydroxylation is 1. The van der Waals surface area contributed by atoms with Crippen LogP contribution < -0.4 is 14.9 Å². The third kappa shape index (κ3) is 5.19. The van der Waals surface area contributed by atoms with Gasteiger partial charge in [-0.25, -0.2) is 27.2 Å². The molecule has 1 aromatic carbocycles. The molecule has 1 aliphatic carbocycles. The van der Waals surface area contributed by atoms with Gasteiger partial charge in [-0.1, -0.05) is 11.3 Å². The van der Waals surface area contributed by atoms with Crippen LogP contribution in [0.1, 0.15) is 37.0 Å². The van der Waals surface area contributed by atoms with Crippen molar-refractivity contribution in [3.8, 4) is 16.8 Å². The van der Waals surface area contributed by atoms with Crippen molar-refractivity contribution in [1.29, 1.82) is 5.26 Å². The second-order valence-corrected chi connectivity index (χ2v) is 12.3. The summed E-state index contributed by atoms with van der Waals surface area (Å²) >= 11 is 0.693. The van der Waals surface area contributed by atoms with E-state index in [1.807, 2.05) is 17.9 Å². The van der Waals surface area contributed by atoms with Crippen LogP contribution in [-0.2, 0) is 14.8 Å². The molecule has 0 bridgehead atoms. The fraction of sp³-hybridized carbons (Fsp3) is 0.522. The van der Waals surface area contributed by atoms with Gasteiger partial charge >= 0.3 is 0 Å². The van der Waals surface area contributed by atoms with Gasteiger partial charge in [0.05, 0.1) is 28.8 Å². The number of hydrogen-bond donors (Lipinski definition) is 2. The predicted octanol–water partition coefficient (Wildman–Crippen LogP) is 2.54. The molecule has 5 rings (SSSR count). The van der Waals surface area contributed by atoms with Crippen LogP contribution in [0, 0.1) is 18.3 Å². The van der Waals surface area contributed by atoms with Crippen LogP contribution in [0.15, 0.2) is 17.0 Å². The number of nitrogens with zero attached hydrogens (tertiary/aromatic N) is 6. The summed E-state index contributed by atoms with van der Waals surface area (Å²) in [6, 6.07) is 5.03. The highest BCUT2D eigenvalue weighted by molar-refractivity contribution is 7.89. The van der Waals surface area contributed by atoms with Crippen LogP contribution in [0.4, 0.5) is 14.5 Å². The van der Waals surface area contributed by atoms with Gasteiger partial charge in [-0.2, -0.15) is 9.98 Å². The average Bonchev–Trinajstić information content (AvgIpc) is 3.43. The number of sulfonamides is 1. The van der Waals surface area contributed by atoms with Crippen LogP contribution >= 0.6 is 11.3 Å². The minimum atomic E-state index is -4.12. The van der Waals surface area contributed by atoms with Crippen LogP contribution in [0.5, 0.6) is 0 Å². The number of nitriles is 1. The highest BCUT2D eigenvalue weighted by Gasteiger charge is 2.47. The third-order valence-electron chi connectivity index (χ3n) is 6.46. The molecule has 15 heteroatoms. The van der Waals surface area contributed by atoms with Gasteiger partial charge in [0.25, 0.3) is 6.43 Å². The summed E-state index contributed by atoms with van der Waals surface area (Å²) in [6.07, 6.45) is -1.95. The van der Waals surface area contributed by atoms with Crippen molar-refractivity contribution in [2.24, 2.45) is 0 Å². The normalized spacial score (nSPS) is 21.1. The van der Waals surface area contributed by atoms with E-state index in [1.54, 1.807) is 20.1 Å². The molecule has 38 heavy (non-hydrogen) atoms. The van der Waals surface area contributed by atoms with Gasteiger partial charge in [0, 0.05) is 37.7 Å². The molecular weight excluding hydrogens is 538 g/mol. The molecule has 1 saturated carbocycles. The second kappa shape index (κ2) is 10.0. The van der Waals surface area contributed by atoms with Crippen molar-refractivity contribution in [1.82, 2.24) is 30.2 Å². The highest BCUT2D eigenvalue weighted by Crippen LogP contribution is 2.39. The number of nitrogens with one attached hydrogen (secondary N) is 2. The van der Waals surface area contributed by atoms with E-state index in [9.17, 15) is 22.5 Å². The lowest BCUT2D eigenvalue weighted by molar-refractivity contribution is 0.150. The van der Waals surface area contributed by atoms with Crippen molar-refractivity contribution in [3.05, 3.63) is 23.0 Å². The molecule has 11 nitrogen and oxygen atoms in total. The first-order chi connectivity index (χ1) is 18.0. The topological polar surface area (TPSA) is 146 Å². The van der Waals surface area contributed by atoms with Crippen LogP contribution in [0.3, 0.4) is 0 Å². The number of piperazine rings is 1. The smallest absolute Gasteiger partial charge is 0.291 e. The molecule has 2 aliphatic rings. The maximum Gasteiger partial charge on any atom is 0.291 e. The van der Waals surface area contributed by atoms with Gasteiger partial charge in [-0.3, -0.25) is 0 Å². The van der Waals surface area contributed by atoms with Crippen LogP contribution in [0.25, 0.3) is 21.6 Å². The van der Waals surface area contributed by atoms with E-state index in [0.29, 0.717) is 66.3 Å². The van der Waals surface area contributed by atoms with Crippen molar-refractivity contribution in [2.75, 3.05) is 31.7 Å². The quantitative estimate of drug-likeness (QED) is 0.418. The first-order valence-corrected chi connectivity index (χ1v) is 14.2. The Labute approximate surface area is 222 Å². The summed E-state index contributed by atoms with van der Waals surface area (Å²) in [7, 11) is -2.51. The molecule has 1 aliphatic heterocycles. The number of fused-ring (bicyclic) bond motifs is 1. The summed E-state index contributed by atoms with van der Waals surface area (Å²) < 4.78 is 61.4. The number of methoxy groups -OCH3 is 1. The monoisotopic (exact) mass is 564 g/mol. The zero-order valence-corrected chi connectivity index (χ0v) is 22.5. The summed E-state index contributed by atoms with van der Waals surface area (Å²) in [5.41, 5.74) is 0.101. The van der Waals surface area contributed by atoms with E-state index >= 15 is 0 Å². The molecule has 0 spiro atoms. The highest BCUT2D eigenvalue weighted by atomic mass is 32.2. The Morgan fingerprint density at radius 1 is 1.32 bits per heavy atom. The number of halogens is 2. The summed E-state index contributed by atoms with van der Waals surface area (Å²) in [5.74, 6) is 0.370. The molecule has 0 unspecified atom stereocenters. The molecule has 2 fully saturated rings. The summed E-state index contributed by atoms with van der Waals surface area (Å²) in [4.78, 5) is 11.0. The number of anilines is 1. The van der Waals surface area contributed by atoms with E-state index in [-0.39, 0.29) is 27.7 Å². The van der Waals surface area contributed by atoms with E-state index < -0.39 is 27.0 Å². The third-order valence-corrected chi connectivity index (χ3v) is 8.92. The van der Waals surface area contributed by atoms with Crippen LogP contribution in [0.2, 0.25) is 0 Å². The fourth-order valence-electron chi connectivity index (χ4n) is 4.63. The zero-order valence-electron chi connectivity index (χ0n) is 20.9. The Morgan fingerprint density at radius 3 is 2.71 bits per heavy atom. The lowest BCUT2D eigenvalue weighted by Crippen LogP contribution is -2.57. The maximum atomic E-state index is 13.5. The Kier molecular flexibility index (Phi) is 7.03. The largest absolute Gasteiger partial charge is 0.383 e. The van der Waals surface area contributed by atoms with E-state index in [2.05, 4.69) is 30.2 Å². The van der Waals surface area contributed by atoms with Gasteiger partial charge < -0.3 is 15.0 Å². The Balaban J connectivity index is 1.72. The number of rotatable bonds is 8. The standard InChI is InChI=1S/C23H26F2N8O3S2/c1-12-8-33(9-14(27-12)10-36-3)17-7-15(38(34,35)32-23(11-26)4-5-23)6-16-18(17)28-13(2)29-19(16)21-30-31-22(37-21)20(24)25/h6-7,12,14,20,27,32H,4-5,8-10H2,1-3H3/t12-,14+/m0/s1. The van der Waals surface area contributed by atoms with Gasteiger partial charge in [-0.05, 0) is 38.8 Å². The summed E-state index contributed by atoms with van der Waals surface area (Å²) in [5, 5.41) is 20.4. The van der Waals surface area contributed by atoms with Crippen molar-refractivity contribution in [3.63, 3.8) is 0 Å². The summed E-state index contributed by atoms with van der Waals surface area (Å²) in [6.45, 7) is 5.21. The lowest BCUT2D eigenvalue weighted by Gasteiger charge is -2.39. The van der Waals surface area contributed by atoms with E-state index in [0.717, 1.165) is 0 Å². The Morgan fingerprint density at radius 2 is 2.08 bits per heavy atom. The molecule has 2 atom stereocenters. The fourth-order valence-corrected chi connectivity index (χ4v) is 6.76. The van der Waals surface area contributed by atoms with Gasteiger partial charge in [0.1, 0.15) is 17.1 Å². The predicted molar refractivity (Wildman–Crippen MR) is 137 cm³/mol. The molecule has 3 aromatic rings. The Bertz CT molecular complexity index is 1520. The van der Waals surface area contributed by atoms with Crippen molar-refractivity contribution >= 4 is 38.0 Å². The van der Waals surface area contributed by atoms with Crippen molar-refractivity contribution in [2.45, 2.75) is 55.6 Å². The van der Waals surface area contributed by atoms with E-state index in [1.165, 1.54) is 6.07 Å². The molecule has 2 N–H and O–H groups in total. The number of ether oxygens (including phenoxy) is 1. The number of benzene rings is 1. The molecule has 0 amide bonds. The average molecular weight is 565 g/mol. The first kappa shape index (κ1) is 26.7. The number of hydrogen-bond acceptors (Lipinski definition) is 11. The van der Waals surface area contributed by atoms with Gasteiger partial charge in [0.2, 0.25) is 10.0 Å². The number of aromatic nitrogens is 4. The SMILES string of the molecule is COC[C@H]1CN(c2cc(S(=O)(=O)NC3(C#N)CC3)cc3c(-c4nnc(C(F)F)s4)nc(C)nc23)C[C@H](C)N1. The molecule has 202 valence electrons. The Hall–Kier alpha value is -2.90. The zero-order chi connectivity index (χ0) is 27.2. The lowest BCUT2D eigenvalue weighted by atomic mass is 10.1. The molecule has 3 heterocycles. The second-order valence-electron chi connectivity index (χ2n) is 9.63. The van der Waals surface area contributed by atoms with Gasteiger partial charge in [0.15, 0.2) is 10.0 Å². The minimum absolute atomic E-state index is 0.0234. The van der Waals surface area contributed by atoms with Crippen LogP contribution in [-0.4, -0.2) is 73.0 Å². The molecular formula is C23H26F2N8O3S2.